The molecule has 0 aliphatic heterocycles. The Morgan fingerprint density at radius 3 is 2.00 bits per heavy atom. The SMILES string of the molecule is N[C@](O)(S)c1ccc2ccc3cccc4ccc1c2c34. The first kappa shape index (κ1) is 12.0. The Morgan fingerprint density at radius 2 is 1.35 bits per heavy atom. The van der Waals surface area contributed by atoms with Gasteiger partial charge in [-0.15, -0.1) is 12.6 Å². The second kappa shape index (κ2) is 3.85. The molecule has 1 atom stereocenters. The fourth-order valence-electron chi connectivity index (χ4n) is 3.06. The maximum atomic E-state index is 10.1. The molecule has 2 nitrogen and oxygen atoms in total. The molecule has 3 heteroatoms. The van der Waals surface area contributed by atoms with Crippen LogP contribution >= 0.6 is 12.6 Å². The molecule has 0 unspecified atom stereocenters. The maximum absolute atomic E-state index is 10.1. The van der Waals surface area contributed by atoms with Gasteiger partial charge in [-0.1, -0.05) is 54.6 Å². The highest BCUT2D eigenvalue weighted by Crippen LogP contribution is 2.38. The normalized spacial score (nSPS) is 15.2. The molecule has 0 radical (unpaired) electrons. The third-order valence-electron chi connectivity index (χ3n) is 3.93. The van der Waals surface area contributed by atoms with Crippen molar-refractivity contribution in [3.63, 3.8) is 0 Å². The summed E-state index contributed by atoms with van der Waals surface area (Å²) in [6.45, 7) is 0. The number of hydrogen-bond acceptors (Lipinski definition) is 3. The first-order chi connectivity index (χ1) is 9.55. The molecule has 0 heterocycles. The summed E-state index contributed by atoms with van der Waals surface area (Å²) >= 11 is 4.11. The van der Waals surface area contributed by atoms with E-state index in [4.69, 9.17) is 5.73 Å². The summed E-state index contributed by atoms with van der Waals surface area (Å²) in [6, 6.07) is 18.4. The number of benzene rings is 4. The third kappa shape index (κ3) is 1.54. The van der Waals surface area contributed by atoms with Gasteiger partial charge in [-0.3, -0.25) is 5.73 Å². The van der Waals surface area contributed by atoms with Gasteiger partial charge >= 0.3 is 0 Å². The Morgan fingerprint density at radius 1 is 0.800 bits per heavy atom. The molecule has 0 saturated carbocycles. The monoisotopic (exact) mass is 279 g/mol. The van der Waals surface area contributed by atoms with Crippen molar-refractivity contribution in [3.05, 3.63) is 60.2 Å². The molecule has 4 rings (SSSR count). The van der Waals surface area contributed by atoms with E-state index in [9.17, 15) is 5.11 Å². The van der Waals surface area contributed by atoms with Crippen LogP contribution in [0.2, 0.25) is 0 Å². The lowest BCUT2D eigenvalue weighted by atomic mass is 9.91. The summed E-state index contributed by atoms with van der Waals surface area (Å²) in [6.07, 6.45) is 0. The lowest BCUT2D eigenvalue weighted by Gasteiger charge is -2.21. The van der Waals surface area contributed by atoms with Crippen LogP contribution in [0.3, 0.4) is 0 Å². The smallest absolute Gasteiger partial charge is 0.186 e. The standard InChI is InChI=1S/C17H13NOS/c18-17(19,20)14-9-7-12-5-4-10-2-1-3-11-6-8-13(14)16(12)15(10)11/h1-9,19-20H,18H2/t17-/m1/s1. The van der Waals surface area contributed by atoms with E-state index in [0.717, 1.165) is 16.2 Å². The molecular weight excluding hydrogens is 266 g/mol. The Balaban J connectivity index is 2.32. The molecule has 0 fully saturated rings. The molecule has 0 aliphatic rings. The van der Waals surface area contributed by atoms with Gasteiger partial charge in [0.05, 0.1) is 0 Å². The van der Waals surface area contributed by atoms with Crippen LogP contribution in [0, 0.1) is 0 Å². The molecule has 4 aromatic carbocycles. The van der Waals surface area contributed by atoms with Crippen molar-refractivity contribution >= 4 is 44.9 Å². The third-order valence-corrected chi connectivity index (χ3v) is 4.17. The van der Waals surface area contributed by atoms with Crippen molar-refractivity contribution in [1.82, 2.24) is 0 Å². The van der Waals surface area contributed by atoms with Crippen LogP contribution in [0.1, 0.15) is 5.56 Å². The second-order valence-corrected chi connectivity index (χ2v) is 5.88. The van der Waals surface area contributed by atoms with Crippen LogP contribution in [0.5, 0.6) is 0 Å². The summed E-state index contributed by atoms with van der Waals surface area (Å²) in [5.41, 5.74) is 6.41. The van der Waals surface area contributed by atoms with E-state index in [-0.39, 0.29) is 0 Å². The summed E-state index contributed by atoms with van der Waals surface area (Å²) in [7, 11) is 0. The Hall–Kier alpha value is -1.81. The largest absolute Gasteiger partial charge is 0.363 e. The van der Waals surface area contributed by atoms with E-state index < -0.39 is 5.06 Å². The Bertz CT molecular complexity index is 924. The highest BCUT2D eigenvalue weighted by atomic mass is 32.1. The summed E-state index contributed by atoms with van der Waals surface area (Å²) < 4.78 is 0. The molecule has 0 saturated heterocycles. The first-order valence-electron chi connectivity index (χ1n) is 6.46. The number of nitrogens with two attached hydrogens (primary N) is 1. The number of aliphatic hydroxyl groups is 1. The predicted octanol–water partition coefficient (Wildman–Crippen LogP) is 3.58. The Kier molecular flexibility index (Phi) is 2.31. The summed E-state index contributed by atoms with van der Waals surface area (Å²) in [5, 5.41) is 15.2. The van der Waals surface area contributed by atoms with E-state index in [2.05, 4.69) is 49.0 Å². The molecule has 0 bridgehead atoms. The van der Waals surface area contributed by atoms with Crippen molar-refractivity contribution in [2.75, 3.05) is 0 Å². The van der Waals surface area contributed by atoms with E-state index in [0.29, 0.717) is 5.56 Å². The highest BCUT2D eigenvalue weighted by Gasteiger charge is 2.22. The minimum Gasteiger partial charge on any atom is -0.363 e. The van der Waals surface area contributed by atoms with Crippen molar-refractivity contribution in [3.8, 4) is 0 Å². The van der Waals surface area contributed by atoms with Crippen molar-refractivity contribution in [2.45, 2.75) is 5.06 Å². The van der Waals surface area contributed by atoms with Gasteiger partial charge in [-0.05, 0) is 32.3 Å². The van der Waals surface area contributed by atoms with Crippen LogP contribution in [0.25, 0.3) is 32.3 Å². The zero-order valence-corrected chi connectivity index (χ0v) is 11.6. The molecule has 20 heavy (non-hydrogen) atoms. The van der Waals surface area contributed by atoms with Crippen LogP contribution in [-0.2, 0) is 5.06 Å². The second-order valence-electron chi connectivity index (χ2n) is 5.20. The Labute approximate surface area is 121 Å². The van der Waals surface area contributed by atoms with Crippen LogP contribution in [-0.4, -0.2) is 5.11 Å². The van der Waals surface area contributed by atoms with Gasteiger partial charge in [0.1, 0.15) is 0 Å². The average Bonchev–Trinajstić information content (AvgIpc) is 2.43. The van der Waals surface area contributed by atoms with Gasteiger partial charge in [0.2, 0.25) is 0 Å². The van der Waals surface area contributed by atoms with Crippen LogP contribution in [0.4, 0.5) is 0 Å². The minimum atomic E-state index is -1.64. The minimum absolute atomic E-state index is 0.631. The molecule has 3 N–H and O–H groups in total. The van der Waals surface area contributed by atoms with Gasteiger partial charge in [-0.2, -0.15) is 0 Å². The maximum Gasteiger partial charge on any atom is 0.186 e. The van der Waals surface area contributed by atoms with Gasteiger partial charge < -0.3 is 5.11 Å². The van der Waals surface area contributed by atoms with E-state index in [1.54, 1.807) is 0 Å². The number of thiol groups is 1. The summed E-state index contributed by atoms with van der Waals surface area (Å²) in [4.78, 5) is 0. The van der Waals surface area contributed by atoms with E-state index in [1.807, 2.05) is 18.2 Å². The number of rotatable bonds is 1. The van der Waals surface area contributed by atoms with Crippen molar-refractivity contribution in [2.24, 2.45) is 5.73 Å². The average molecular weight is 279 g/mol. The molecule has 0 aromatic heterocycles. The highest BCUT2D eigenvalue weighted by molar-refractivity contribution is 7.81. The zero-order valence-electron chi connectivity index (χ0n) is 10.7. The molecule has 98 valence electrons. The van der Waals surface area contributed by atoms with Crippen molar-refractivity contribution in [1.29, 1.82) is 0 Å². The lowest BCUT2D eigenvalue weighted by Crippen LogP contribution is -2.29. The molecule has 0 aliphatic carbocycles. The fraction of sp³-hybridized carbons (Fsp3) is 0.0588. The topological polar surface area (TPSA) is 46.2 Å². The van der Waals surface area contributed by atoms with E-state index in [1.165, 1.54) is 16.2 Å². The summed E-state index contributed by atoms with van der Waals surface area (Å²) in [5.74, 6) is 0. The number of hydrogen-bond donors (Lipinski definition) is 3. The molecular formula is C17H13NOS. The van der Waals surface area contributed by atoms with E-state index >= 15 is 0 Å². The molecule has 4 aromatic rings. The van der Waals surface area contributed by atoms with Gasteiger partial charge in [0, 0.05) is 5.56 Å². The predicted molar refractivity (Wildman–Crippen MR) is 87.2 cm³/mol. The van der Waals surface area contributed by atoms with Gasteiger partial charge in [0.25, 0.3) is 0 Å². The molecule has 0 spiro atoms. The van der Waals surface area contributed by atoms with Crippen molar-refractivity contribution < 1.29 is 5.11 Å². The lowest BCUT2D eigenvalue weighted by molar-refractivity contribution is 0.150. The zero-order chi connectivity index (χ0) is 13.9. The van der Waals surface area contributed by atoms with Gasteiger partial charge in [0.15, 0.2) is 5.06 Å². The first-order valence-corrected chi connectivity index (χ1v) is 6.91. The van der Waals surface area contributed by atoms with Gasteiger partial charge in [-0.25, -0.2) is 0 Å². The van der Waals surface area contributed by atoms with Crippen LogP contribution < -0.4 is 5.73 Å². The molecule has 0 amide bonds. The quantitative estimate of drug-likeness (QED) is 0.283. The van der Waals surface area contributed by atoms with Crippen LogP contribution in [0.15, 0.2) is 54.6 Å². The fourth-order valence-corrected chi connectivity index (χ4v) is 3.25.